The van der Waals surface area contributed by atoms with E-state index in [1.54, 1.807) is 6.08 Å². The molecule has 0 radical (unpaired) electrons. The number of hydrogen-bond acceptors (Lipinski definition) is 4. The maximum absolute atomic E-state index is 6.34. The van der Waals surface area contributed by atoms with Crippen molar-refractivity contribution >= 4 is 23.2 Å². The van der Waals surface area contributed by atoms with Crippen LogP contribution in [0, 0.1) is 11.8 Å². The van der Waals surface area contributed by atoms with E-state index >= 15 is 0 Å². The fourth-order valence-electron chi connectivity index (χ4n) is 2.20. The van der Waals surface area contributed by atoms with Crippen LogP contribution < -0.4 is 16.8 Å². The summed E-state index contributed by atoms with van der Waals surface area (Å²) in [5, 5.41) is 4.04. The Morgan fingerprint density at radius 3 is 2.81 bits per heavy atom. The van der Waals surface area contributed by atoms with Gasteiger partial charge in [-0.2, -0.15) is 0 Å². The van der Waals surface area contributed by atoms with Gasteiger partial charge in [0.1, 0.15) is 11.0 Å². The lowest BCUT2D eigenvalue weighted by Crippen LogP contribution is -2.42. The van der Waals surface area contributed by atoms with E-state index in [-0.39, 0.29) is 5.16 Å². The highest BCUT2D eigenvalue weighted by Gasteiger charge is 2.19. The molecule has 4 nitrogen and oxygen atoms in total. The minimum atomic E-state index is 0.195. The van der Waals surface area contributed by atoms with Gasteiger partial charge in [0.05, 0.1) is 5.70 Å². The SMILES string of the molecule is NC1=C(/C=C(\N)Cl)N(CC2=C/CC#CC/C=C\2Cl)CCN1. The average molecular weight is 325 g/mol. The van der Waals surface area contributed by atoms with Crippen molar-refractivity contribution in [3.05, 3.63) is 45.5 Å². The van der Waals surface area contributed by atoms with Crippen molar-refractivity contribution in [1.29, 1.82) is 0 Å². The molecule has 5 N–H and O–H groups in total. The lowest BCUT2D eigenvalue weighted by Gasteiger charge is -2.32. The van der Waals surface area contributed by atoms with Gasteiger partial charge in [-0.1, -0.05) is 47.2 Å². The molecule has 112 valence electrons. The number of allylic oxidation sites excluding steroid dienone is 3. The predicted octanol–water partition coefficient (Wildman–Crippen LogP) is 1.90. The second-order valence-corrected chi connectivity index (χ2v) is 5.56. The van der Waals surface area contributed by atoms with Crippen molar-refractivity contribution in [2.45, 2.75) is 12.8 Å². The van der Waals surface area contributed by atoms with E-state index in [0.29, 0.717) is 25.2 Å². The Balaban J connectivity index is 2.23. The molecule has 2 rings (SSSR count). The van der Waals surface area contributed by atoms with Crippen LogP contribution in [-0.4, -0.2) is 24.5 Å². The van der Waals surface area contributed by atoms with Gasteiger partial charge in [-0.3, -0.25) is 0 Å². The number of nitrogens with two attached hydrogens (primary N) is 2. The zero-order chi connectivity index (χ0) is 15.2. The summed E-state index contributed by atoms with van der Waals surface area (Å²) in [6.45, 7) is 2.21. The zero-order valence-corrected chi connectivity index (χ0v) is 13.1. The topological polar surface area (TPSA) is 67.3 Å². The van der Waals surface area contributed by atoms with Crippen LogP contribution in [0.4, 0.5) is 0 Å². The summed E-state index contributed by atoms with van der Waals surface area (Å²) >= 11 is 12.1. The highest BCUT2D eigenvalue weighted by Crippen LogP contribution is 2.22. The molecule has 0 amide bonds. The van der Waals surface area contributed by atoms with E-state index < -0.39 is 0 Å². The molecule has 21 heavy (non-hydrogen) atoms. The Morgan fingerprint density at radius 1 is 1.38 bits per heavy atom. The highest BCUT2D eigenvalue weighted by molar-refractivity contribution is 6.32. The van der Waals surface area contributed by atoms with Crippen molar-refractivity contribution in [2.24, 2.45) is 11.5 Å². The Labute approximate surface area is 135 Å². The van der Waals surface area contributed by atoms with Crippen LogP contribution in [0.2, 0.25) is 0 Å². The molecule has 0 fully saturated rings. The Hall–Kier alpha value is -1.70. The van der Waals surface area contributed by atoms with Crippen LogP contribution in [0.15, 0.2) is 45.5 Å². The largest absolute Gasteiger partial charge is 0.389 e. The summed E-state index contributed by atoms with van der Waals surface area (Å²) in [6.07, 6.45) is 7.02. The molecule has 1 aliphatic heterocycles. The number of hydrogen-bond donors (Lipinski definition) is 3. The monoisotopic (exact) mass is 324 g/mol. The van der Waals surface area contributed by atoms with Crippen LogP contribution in [0.3, 0.4) is 0 Å². The van der Waals surface area contributed by atoms with Crippen molar-refractivity contribution in [1.82, 2.24) is 10.2 Å². The third-order valence-electron chi connectivity index (χ3n) is 3.22. The van der Waals surface area contributed by atoms with Crippen LogP contribution in [0.25, 0.3) is 0 Å². The van der Waals surface area contributed by atoms with Gasteiger partial charge in [0.2, 0.25) is 0 Å². The van der Waals surface area contributed by atoms with Crippen molar-refractivity contribution in [2.75, 3.05) is 19.6 Å². The zero-order valence-electron chi connectivity index (χ0n) is 11.6. The van der Waals surface area contributed by atoms with E-state index in [0.717, 1.165) is 29.4 Å². The minimum absolute atomic E-state index is 0.195. The molecule has 2 aliphatic rings. The second-order valence-electron chi connectivity index (χ2n) is 4.72. The lowest BCUT2D eigenvalue weighted by atomic mass is 10.1. The first-order chi connectivity index (χ1) is 10.1. The number of halogens is 2. The summed E-state index contributed by atoms with van der Waals surface area (Å²) in [5.41, 5.74) is 13.4. The van der Waals surface area contributed by atoms with Gasteiger partial charge in [-0.05, 0) is 11.6 Å². The normalized spacial score (nSPS) is 24.7. The standard InChI is InChI=1S/C15H18Cl2N4/c16-12-6-4-2-1-3-5-11(12)10-21-8-7-20-15(19)13(21)9-14(17)18/h5-6,9,20H,3-4,7-8,10,18-19H2/b11-5-,12-6+,14-9-. The lowest BCUT2D eigenvalue weighted by molar-refractivity contribution is 0.354. The van der Waals surface area contributed by atoms with Gasteiger partial charge in [0.15, 0.2) is 0 Å². The highest BCUT2D eigenvalue weighted by atomic mass is 35.5. The molecule has 1 aliphatic carbocycles. The van der Waals surface area contributed by atoms with E-state index in [4.69, 9.17) is 34.7 Å². The van der Waals surface area contributed by atoms with Crippen LogP contribution in [0.5, 0.6) is 0 Å². The predicted molar refractivity (Wildman–Crippen MR) is 87.9 cm³/mol. The molecular weight excluding hydrogens is 307 g/mol. The first-order valence-electron chi connectivity index (χ1n) is 6.70. The third kappa shape index (κ3) is 4.38. The van der Waals surface area contributed by atoms with Gasteiger partial charge in [0, 0.05) is 37.5 Å². The van der Waals surface area contributed by atoms with Gasteiger partial charge < -0.3 is 21.7 Å². The fraction of sp³-hybridized carbons (Fsp3) is 0.333. The quantitative estimate of drug-likeness (QED) is 0.548. The molecule has 0 unspecified atom stereocenters. The summed E-state index contributed by atoms with van der Waals surface area (Å²) in [4.78, 5) is 2.11. The van der Waals surface area contributed by atoms with E-state index in [2.05, 4.69) is 28.1 Å². The Kier molecular flexibility index (Phi) is 5.49. The molecule has 0 spiro atoms. The van der Waals surface area contributed by atoms with Crippen LogP contribution >= 0.6 is 23.2 Å². The summed E-state index contributed by atoms with van der Waals surface area (Å²) in [6, 6.07) is 0. The van der Waals surface area contributed by atoms with Crippen LogP contribution in [0.1, 0.15) is 12.8 Å². The first kappa shape index (κ1) is 15.7. The molecule has 0 bridgehead atoms. The van der Waals surface area contributed by atoms with Crippen LogP contribution in [-0.2, 0) is 0 Å². The number of nitrogens with one attached hydrogen (secondary N) is 1. The smallest absolute Gasteiger partial charge is 0.120 e. The van der Waals surface area contributed by atoms with E-state index in [1.165, 1.54) is 0 Å². The Morgan fingerprint density at radius 2 is 2.10 bits per heavy atom. The van der Waals surface area contributed by atoms with E-state index in [9.17, 15) is 0 Å². The maximum atomic E-state index is 6.34. The van der Waals surface area contributed by atoms with Crippen molar-refractivity contribution in [3.8, 4) is 11.8 Å². The third-order valence-corrected chi connectivity index (χ3v) is 3.72. The molecule has 1 heterocycles. The summed E-state index contributed by atoms with van der Waals surface area (Å²) in [7, 11) is 0. The van der Waals surface area contributed by atoms with Crippen molar-refractivity contribution in [3.63, 3.8) is 0 Å². The summed E-state index contributed by atoms with van der Waals surface area (Å²) < 4.78 is 0. The fourth-order valence-corrected chi connectivity index (χ4v) is 2.52. The molecular formula is C15H18Cl2N4. The summed E-state index contributed by atoms with van der Waals surface area (Å²) in [5.74, 6) is 6.67. The van der Waals surface area contributed by atoms with E-state index in [1.807, 2.05) is 6.08 Å². The maximum Gasteiger partial charge on any atom is 0.120 e. The molecule has 0 aromatic rings. The van der Waals surface area contributed by atoms with Gasteiger partial charge in [0.25, 0.3) is 0 Å². The molecule has 0 aromatic heterocycles. The molecule has 0 saturated heterocycles. The van der Waals surface area contributed by atoms with Crippen molar-refractivity contribution < 1.29 is 0 Å². The second kappa shape index (κ2) is 7.35. The number of rotatable bonds is 3. The first-order valence-corrected chi connectivity index (χ1v) is 7.45. The van der Waals surface area contributed by atoms with Gasteiger partial charge in [-0.25, -0.2) is 0 Å². The molecule has 0 aromatic carbocycles. The molecule has 6 heteroatoms. The van der Waals surface area contributed by atoms with Gasteiger partial charge in [-0.15, -0.1) is 0 Å². The number of nitrogens with zero attached hydrogens (tertiary/aromatic N) is 1. The minimum Gasteiger partial charge on any atom is -0.389 e. The molecule has 0 atom stereocenters. The Bertz CT molecular complexity index is 587. The molecule has 0 saturated carbocycles. The van der Waals surface area contributed by atoms with Gasteiger partial charge >= 0.3 is 0 Å². The average Bonchev–Trinajstić information content (AvgIpc) is 2.41.